The molecule has 1 aliphatic rings. The molecule has 10 N–H and O–H groups in total. The monoisotopic (exact) mass is 949 g/mol. The van der Waals surface area contributed by atoms with Crippen molar-refractivity contribution in [1.82, 2.24) is 46.1 Å². The van der Waals surface area contributed by atoms with Gasteiger partial charge in [-0.2, -0.15) is 5.26 Å². The van der Waals surface area contributed by atoms with Gasteiger partial charge in [0.05, 0.1) is 35.2 Å². The minimum absolute atomic E-state index is 0.00724. The summed E-state index contributed by atoms with van der Waals surface area (Å²) >= 11 is 0. The van der Waals surface area contributed by atoms with Crippen molar-refractivity contribution in [3.63, 3.8) is 0 Å². The van der Waals surface area contributed by atoms with Crippen LogP contribution in [0.25, 0.3) is 22.5 Å². The maximum absolute atomic E-state index is 14.7. The van der Waals surface area contributed by atoms with Crippen molar-refractivity contribution in [3.8, 4) is 46.1 Å². The maximum Gasteiger partial charge on any atom is 0.316 e. The molecule has 4 aromatic rings. The smallest absolute Gasteiger partial charge is 0.316 e. The SMILES string of the molecule is Cc1nc(-c2cnc(OCCC(C)(C)C)nc2)nc(C)c1C(=O)NC(CCN)C(=O)N(C)[C@@H]1C(=O)N[C@@H](C)C(=O)N[C@H](C(=O)NCC#N)Cc2ccc(OCCN)c(c2)-c2cc1ccc2OCCN. The Morgan fingerprint density at radius 1 is 0.884 bits per heavy atom. The first-order valence-electron chi connectivity index (χ1n) is 22.7. The molecule has 5 rings (SSSR count). The summed E-state index contributed by atoms with van der Waals surface area (Å²) in [5, 5.41) is 19.9. The van der Waals surface area contributed by atoms with Crippen LogP contribution < -0.4 is 52.7 Å². The summed E-state index contributed by atoms with van der Waals surface area (Å²) in [7, 11) is 1.40. The highest BCUT2D eigenvalue weighted by Gasteiger charge is 2.36. The summed E-state index contributed by atoms with van der Waals surface area (Å²) in [6.45, 7) is 11.8. The van der Waals surface area contributed by atoms with Gasteiger partial charge in [0.15, 0.2) is 5.82 Å². The highest BCUT2D eigenvalue weighted by molar-refractivity contribution is 6.00. The molecule has 0 saturated carbocycles. The normalized spacial score (nSPS) is 16.4. The van der Waals surface area contributed by atoms with Gasteiger partial charge in [0.25, 0.3) is 5.91 Å². The van der Waals surface area contributed by atoms with Gasteiger partial charge in [-0.15, -0.1) is 0 Å². The Hall–Kier alpha value is -7.28. The molecule has 0 spiro atoms. The summed E-state index contributed by atoms with van der Waals surface area (Å²) in [5.41, 5.74) is 20.9. The molecule has 3 heterocycles. The fraction of sp³-hybridized carbons (Fsp3) is 0.458. The van der Waals surface area contributed by atoms with E-state index in [2.05, 4.69) is 62.0 Å². The van der Waals surface area contributed by atoms with Gasteiger partial charge in [-0.05, 0) is 81.0 Å². The first-order chi connectivity index (χ1) is 32.9. The van der Waals surface area contributed by atoms with Crippen LogP contribution in [0.1, 0.15) is 79.5 Å². The number of nitrogens with one attached hydrogen (secondary N) is 4. The number of aryl methyl sites for hydroxylation is 2. The molecule has 0 radical (unpaired) electrons. The number of nitriles is 1. The zero-order chi connectivity index (χ0) is 50.4. The number of benzene rings is 2. The van der Waals surface area contributed by atoms with E-state index in [0.717, 1.165) is 6.42 Å². The van der Waals surface area contributed by atoms with E-state index >= 15 is 0 Å². The molecule has 4 atom stereocenters. The lowest BCUT2D eigenvalue weighted by Gasteiger charge is -2.32. The van der Waals surface area contributed by atoms with Crippen molar-refractivity contribution in [2.45, 2.75) is 85.0 Å². The van der Waals surface area contributed by atoms with E-state index in [-0.39, 0.29) is 75.0 Å². The van der Waals surface area contributed by atoms with E-state index in [4.69, 9.17) is 31.4 Å². The Morgan fingerprint density at radius 3 is 2.10 bits per heavy atom. The van der Waals surface area contributed by atoms with Crippen LogP contribution in [0.2, 0.25) is 0 Å². The quantitative estimate of drug-likeness (QED) is 0.0696. The number of nitrogens with two attached hydrogens (primary N) is 3. The third-order valence-corrected chi connectivity index (χ3v) is 11.1. The van der Waals surface area contributed by atoms with Crippen molar-refractivity contribution in [1.29, 1.82) is 5.26 Å². The lowest BCUT2D eigenvalue weighted by molar-refractivity contribution is -0.141. The highest BCUT2D eigenvalue weighted by atomic mass is 16.5. The summed E-state index contributed by atoms with van der Waals surface area (Å²) in [6, 6.07) is 7.10. The van der Waals surface area contributed by atoms with Crippen molar-refractivity contribution >= 4 is 29.5 Å². The average molecular weight is 950 g/mol. The molecule has 0 fully saturated rings. The van der Waals surface area contributed by atoms with Crippen LogP contribution >= 0.6 is 0 Å². The van der Waals surface area contributed by atoms with E-state index < -0.39 is 53.7 Å². The minimum atomic E-state index is -1.43. The third kappa shape index (κ3) is 13.9. The Balaban J connectivity index is 1.52. The Labute approximate surface area is 401 Å². The number of aromatic nitrogens is 4. The van der Waals surface area contributed by atoms with Gasteiger partial charge >= 0.3 is 6.01 Å². The summed E-state index contributed by atoms with van der Waals surface area (Å²) < 4.78 is 17.9. The molecule has 1 unspecified atom stereocenters. The number of carbonyl (C=O) groups is 5. The fourth-order valence-corrected chi connectivity index (χ4v) is 7.49. The second-order valence-corrected chi connectivity index (χ2v) is 17.7. The zero-order valence-corrected chi connectivity index (χ0v) is 40.2. The highest BCUT2D eigenvalue weighted by Crippen LogP contribution is 2.40. The number of hydrogen-bond donors (Lipinski definition) is 7. The lowest BCUT2D eigenvalue weighted by atomic mass is 9.93. The van der Waals surface area contributed by atoms with E-state index in [1.54, 1.807) is 50.2 Å². The van der Waals surface area contributed by atoms with Crippen LogP contribution in [0.3, 0.4) is 0 Å². The standard InChI is InChI=1S/C48H63N13O8/c1-27-39(28(2)57-41(56-27)32-25-54-47(55-26-32)69-19-13-48(4,5)6)44(64)59-35(12-14-49)46(66)61(7)40-31-9-11-38(68-21-17-52)34(24-31)33-22-30(8-10-37(33)67-20-16-51)23-36(43(63)53-18-15-50)60-42(62)29(3)58-45(40)65/h8-11,22,24-26,29,35-36,40H,12-14,16-21,23,49,51-52H2,1-7H3,(H,53,63)(H,58,65)(H,59,64)(H,60,62)/t29-,35?,36-,40-/m0/s1. The summed E-state index contributed by atoms with van der Waals surface area (Å²) in [4.78, 5) is 89.5. The second-order valence-electron chi connectivity index (χ2n) is 17.7. The number of amides is 5. The van der Waals surface area contributed by atoms with Gasteiger partial charge in [0, 0.05) is 50.1 Å². The first-order valence-corrected chi connectivity index (χ1v) is 22.7. The molecular weight excluding hydrogens is 887 g/mol. The molecule has 368 valence electrons. The number of fused-ring (bicyclic) bond motifs is 5. The van der Waals surface area contributed by atoms with Gasteiger partial charge in [-0.1, -0.05) is 32.9 Å². The van der Waals surface area contributed by atoms with Crippen molar-refractivity contribution in [2.75, 3.05) is 53.0 Å². The molecule has 2 aromatic heterocycles. The minimum Gasteiger partial charge on any atom is -0.492 e. The number of ether oxygens (including phenoxy) is 3. The number of nitrogens with zero attached hydrogens (tertiary/aromatic N) is 6. The van der Waals surface area contributed by atoms with E-state index in [0.29, 0.717) is 57.3 Å². The zero-order valence-electron chi connectivity index (χ0n) is 40.2. The van der Waals surface area contributed by atoms with Crippen LogP contribution in [-0.2, 0) is 25.6 Å². The van der Waals surface area contributed by atoms with Gasteiger partial charge in [0.1, 0.15) is 55.4 Å². The molecule has 21 nitrogen and oxygen atoms in total. The number of carbonyl (C=O) groups excluding carboxylic acids is 5. The fourth-order valence-electron chi connectivity index (χ4n) is 7.49. The second kappa shape index (κ2) is 24.1. The molecule has 1 aliphatic heterocycles. The predicted octanol–water partition coefficient (Wildman–Crippen LogP) is 1.54. The van der Waals surface area contributed by atoms with E-state index in [1.807, 2.05) is 6.07 Å². The van der Waals surface area contributed by atoms with Crippen LogP contribution in [0.15, 0.2) is 48.8 Å². The molecule has 0 saturated heterocycles. The molecule has 0 aliphatic carbocycles. The van der Waals surface area contributed by atoms with E-state index in [9.17, 15) is 29.2 Å². The Bertz CT molecular complexity index is 2500. The molecule has 2 aromatic carbocycles. The first kappa shape index (κ1) is 52.7. The van der Waals surface area contributed by atoms with Crippen LogP contribution in [0.5, 0.6) is 17.5 Å². The Morgan fingerprint density at radius 2 is 1.51 bits per heavy atom. The van der Waals surface area contributed by atoms with Crippen molar-refractivity contribution < 1.29 is 38.2 Å². The van der Waals surface area contributed by atoms with Gasteiger partial charge < -0.3 is 57.6 Å². The van der Waals surface area contributed by atoms with Crippen LogP contribution in [0.4, 0.5) is 0 Å². The summed E-state index contributed by atoms with van der Waals surface area (Å²) in [5.74, 6) is -2.42. The molecular formula is C48H63N13O8. The van der Waals surface area contributed by atoms with Gasteiger partial charge in [0.2, 0.25) is 23.6 Å². The largest absolute Gasteiger partial charge is 0.492 e. The Kier molecular flexibility index (Phi) is 18.4. The van der Waals surface area contributed by atoms with Gasteiger partial charge in [-0.25, -0.2) is 19.9 Å². The number of rotatable bonds is 18. The molecule has 4 bridgehead atoms. The lowest BCUT2D eigenvalue weighted by Crippen LogP contribution is -2.56. The van der Waals surface area contributed by atoms with E-state index in [1.165, 1.54) is 31.3 Å². The average Bonchev–Trinajstić information content (AvgIpc) is 3.30. The topological polar surface area (TPSA) is 318 Å². The predicted molar refractivity (Wildman–Crippen MR) is 255 cm³/mol. The maximum atomic E-state index is 14.7. The summed E-state index contributed by atoms with van der Waals surface area (Å²) in [6.07, 6.45) is 3.86. The van der Waals surface area contributed by atoms with Crippen molar-refractivity contribution in [2.24, 2.45) is 22.6 Å². The molecule has 21 heteroatoms. The van der Waals surface area contributed by atoms with Crippen LogP contribution in [-0.4, -0.2) is 126 Å². The molecule has 5 amide bonds. The number of likely N-dealkylation sites (N-methyl/N-ethyl adjacent to an activating group) is 1. The molecule has 69 heavy (non-hydrogen) atoms. The third-order valence-electron chi connectivity index (χ3n) is 11.1. The number of hydrogen-bond acceptors (Lipinski definition) is 16. The van der Waals surface area contributed by atoms with Crippen molar-refractivity contribution in [3.05, 3.63) is 76.9 Å². The van der Waals surface area contributed by atoms with Crippen LogP contribution in [0, 0.1) is 30.6 Å². The van der Waals surface area contributed by atoms with Gasteiger partial charge in [-0.3, -0.25) is 24.0 Å².